The maximum atomic E-state index is 4.56. The Hall–Kier alpha value is -2.36. The summed E-state index contributed by atoms with van der Waals surface area (Å²) < 4.78 is 1.84. The maximum Gasteiger partial charge on any atom is 0.0856 e. The van der Waals surface area contributed by atoms with Gasteiger partial charge in [-0.2, -0.15) is 5.10 Å². The highest BCUT2D eigenvalue weighted by atomic mass is 15.3. The average Bonchev–Trinajstić information content (AvgIpc) is 2.78. The Morgan fingerprint density at radius 3 is 2.80 bits per heavy atom. The predicted molar refractivity (Wildman–Crippen MR) is 82.3 cm³/mol. The molecule has 1 aromatic carbocycles. The number of para-hydroxylation sites is 1. The lowest BCUT2D eigenvalue weighted by atomic mass is 10.1. The summed E-state index contributed by atoms with van der Waals surface area (Å²) in [4.78, 5) is 4.56. The Kier molecular flexibility index (Phi) is 3.14. The van der Waals surface area contributed by atoms with Crippen LogP contribution in [0.1, 0.15) is 18.3 Å². The van der Waals surface area contributed by atoms with Gasteiger partial charge in [-0.15, -0.1) is 0 Å². The number of pyridine rings is 1. The van der Waals surface area contributed by atoms with E-state index in [4.69, 9.17) is 0 Å². The van der Waals surface area contributed by atoms with Crippen molar-refractivity contribution in [1.29, 1.82) is 0 Å². The molecule has 0 atom stereocenters. The number of hydrogen-bond acceptors (Lipinski definition) is 3. The van der Waals surface area contributed by atoms with Gasteiger partial charge in [-0.3, -0.25) is 9.67 Å². The summed E-state index contributed by atoms with van der Waals surface area (Å²) in [6, 6.07) is 10.3. The summed E-state index contributed by atoms with van der Waals surface area (Å²) in [6.45, 7) is 4.13. The molecule has 102 valence electrons. The van der Waals surface area contributed by atoms with E-state index in [1.807, 2.05) is 43.0 Å². The second-order valence-corrected chi connectivity index (χ2v) is 4.97. The Morgan fingerprint density at radius 2 is 2.00 bits per heavy atom. The quantitative estimate of drug-likeness (QED) is 0.788. The third-order valence-corrected chi connectivity index (χ3v) is 3.35. The van der Waals surface area contributed by atoms with E-state index in [9.17, 15) is 0 Å². The summed E-state index contributed by atoms with van der Waals surface area (Å²) in [5.41, 5.74) is 5.23. The normalized spacial score (nSPS) is 10.9. The van der Waals surface area contributed by atoms with Crippen LogP contribution in [0.2, 0.25) is 0 Å². The van der Waals surface area contributed by atoms with Crippen molar-refractivity contribution in [2.75, 3.05) is 5.32 Å². The average molecular weight is 266 g/mol. The van der Waals surface area contributed by atoms with E-state index < -0.39 is 0 Å². The van der Waals surface area contributed by atoms with Gasteiger partial charge in [-0.05, 0) is 25.5 Å². The highest BCUT2D eigenvalue weighted by Gasteiger charge is 2.09. The fourth-order valence-electron chi connectivity index (χ4n) is 2.46. The topological polar surface area (TPSA) is 42.7 Å². The van der Waals surface area contributed by atoms with Gasteiger partial charge in [0.1, 0.15) is 0 Å². The molecule has 0 aliphatic carbocycles. The zero-order valence-electron chi connectivity index (χ0n) is 12.0. The maximum absolute atomic E-state index is 4.56. The van der Waals surface area contributed by atoms with E-state index in [1.165, 1.54) is 0 Å². The second kappa shape index (κ2) is 4.96. The highest BCUT2D eigenvalue weighted by Crippen LogP contribution is 2.27. The van der Waals surface area contributed by atoms with Gasteiger partial charge in [0, 0.05) is 30.0 Å². The smallest absolute Gasteiger partial charge is 0.0856 e. The van der Waals surface area contributed by atoms with E-state index in [-0.39, 0.29) is 0 Å². The number of nitrogens with zero attached hydrogens (tertiary/aromatic N) is 3. The molecule has 1 N–H and O–H groups in total. The lowest BCUT2D eigenvalue weighted by Crippen LogP contribution is -1.96. The van der Waals surface area contributed by atoms with Crippen molar-refractivity contribution < 1.29 is 0 Å². The minimum absolute atomic E-state index is 0.908. The Balaban J connectivity index is 2.10. The summed E-state index contributed by atoms with van der Waals surface area (Å²) in [7, 11) is 1.94. The Morgan fingerprint density at radius 1 is 1.20 bits per heavy atom. The number of hydrogen-bond donors (Lipinski definition) is 1. The predicted octanol–water partition coefficient (Wildman–Crippen LogP) is 3.58. The molecule has 0 aliphatic rings. The molecule has 0 unspecified atom stereocenters. The van der Waals surface area contributed by atoms with Crippen LogP contribution in [0.5, 0.6) is 0 Å². The molecule has 3 aromatic rings. The largest absolute Gasteiger partial charge is 0.352 e. The van der Waals surface area contributed by atoms with Crippen molar-refractivity contribution in [1.82, 2.24) is 14.8 Å². The number of rotatable bonds is 3. The van der Waals surface area contributed by atoms with Crippen LogP contribution in [-0.2, 0) is 13.5 Å². The number of benzene rings is 1. The minimum Gasteiger partial charge on any atom is -0.352 e. The van der Waals surface area contributed by atoms with Gasteiger partial charge in [0.15, 0.2) is 0 Å². The fraction of sp³-hybridized carbons (Fsp3) is 0.250. The molecule has 0 fully saturated rings. The van der Waals surface area contributed by atoms with Crippen molar-refractivity contribution in [3.63, 3.8) is 0 Å². The number of nitrogens with one attached hydrogen (secondary N) is 1. The molecule has 4 nitrogen and oxygen atoms in total. The first-order valence-electron chi connectivity index (χ1n) is 6.83. The van der Waals surface area contributed by atoms with E-state index >= 15 is 0 Å². The summed E-state index contributed by atoms with van der Waals surface area (Å²) in [5, 5.41) is 9.10. The van der Waals surface area contributed by atoms with Crippen LogP contribution >= 0.6 is 0 Å². The Labute approximate surface area is 118 Å². The Bertz CT molecular complexity index is 758. The number of aromatic nitrogens is 3. The molecule has 4 heteroatoms. The van der Waals surface area contributed by atoms with E-state index in [0.29, 0.717) is 0 Å². The van der Waals surface area contributed by atoms with Gasteiger partial charge in [0.05, 0.1) is 16.9 Å². The standard InChI is InChI=1S/C16H18N4/c1-4-13-16(10-20(3)19-13)18-15-9-11(2)17-14-8-6-5-7-12(14)15/h5-10H,4H2,1-3H3,(H,17,18). The van der Waals surface area contributed by atoms with Crippen LogP contribution < -0.4 is 5.32 Å². The third-order valence-electron chi connectivity index (χ3n) is 3.35. The molecule has 0 aliphatic heterocycles. The van der Waals surface area contributed by atoms with E-state index in [1.54, 1.807) is 0 Å². The molecule has 20 heavy (non-hydrogen) atoms. The molecule has 0 saturated heterocycles. The minimum atomic E-state index is 0.908. The summed E-state index contributed by atoms with van der Waals surface area (Å²) in [6.07, 6.45) is 2.93. The van der Waals surface area contributed by atoms with Crippen LogP contribution in [-0.4, -0.2) is 14.8 Å². The van der Waals surface area contributed by atoms with Gasteiger partial charge in [0.25, 0.3) is 0 Å². The van der Waals surface area contributed by atoms with Gasteiger partial charge in [-0.1, -0.05) is 25.1 Å². The number of aryl methyl sites for hydroxylation is 3. The second-order valence-electron chi connectivity index (χ2n) is 4.97. The first-order chi connectivity index (χ1) is 9.67. The molecular formula is C16H18N4. The van der Waals surface area contributed by atoms with Crippen LogP contribution in [0, 0.1) is 6.92 Å². The van der Waals surface area contributed by atoms with Crippen LogP contribution in [0.4, 0.5) is 11.4 Å². The van der Waals surface area contributed by atoms with Gasteiger partial charge in [0.2, 0.25) is 0 Å². The molecule has 0 amide bonds. The van der Waals surface area contributed by atoms with Gasteiger partial charge in [-0.25, -0.2) is 0 Å². The first-order valence-corrected chi connectivity index (χ1v) is 6.83. The third kappa shape index (κ3) is 2.25. The number of anilines is 2. The molecule has 0 spiro atoms. The molecule has 3 rings (SSSR count). The first kappa shape index (κ1) is 12.7. The van der Waals surface area contributed by atoms with Crippen LogP contribution in [0.25, 0.3) is 10.9 Å². The number of fused-ring (bicyclic) bond motifs is 1. The van der Waals surface area contributed by atoms with E-state index in [0.717, 1.165) is 40.1 Å². The summed E-state index contributed by atoms with van der Waals surface area (Å²) in [5.74, 6) is 0. The fourth-order valence-corrected chi connectivity index (χ4v) is 2.46. The zero-order chi connectivity index (χ0) is 14.1. The highest BCUT2D eigenvalue weighted by molar-refractivity contribution is 5.93. The SMILES string of the molecule is CCc1nn(C)cc1Nc1cc(C)nc2ccccc12. The summed E-state index contributed by atoms with van der Waals surface area (Å²) >= 11 is 0. The molecule has 2 aromatic heterocycles. The van der Waals surface area contributed by atoms with Crippen molar-refractivity contribution in [3.8, 4) is 0 Å². The molecule has 0 bridgehead atoms. The van der Waals surface area contributed by atoms with Gasteiger partial charge < -0.3 is 5.32 Å². The van der Waals surface area contributed by atoms with E-state index in [2.05, 4.69) is 34.5 Å². The van der Waals surface area contributed by atoms with Crippen molar-refractivity contribution in [2.24, 2.45) is 7.05 Å². The molecule has 0 saturated carbocycles. The zero-order valence-corrected chi connectivity index (χ0v) is 12.0. The van der Waals surface area contributed by atoms with Crippen molar-refractivity contribution in [3.05, 3.63) is 47.9 Å². The lowest BCUT2D eigenvalue weighted by molar-refractivity contribution is 0.746. The molecule has 0 radical (unpaired) electrons. The van der Waals surface area contributed by atoms with Crippen molar-refractivity contribution >= 4 is 22.3 Å². The monoisotopic (exact) mass is 266 g/mol. The van der Waals surface area contributed by atoms with Crippen molar-refractivity contribution in [2.45, 2.75) is 20.3 Å². The lowest BCUT2D eigenvalue weighted by Gasteiger charge is -2.10. The van der Waals surface area contributed by atoms with Crippen LogP contribution in [0.15, 0.2) is 36.5 Å². The van der Waals surface area contributed by atoms with Crippen LogP contribution in [0.3, 0.4) is 0 Å². The molecule has 2 heterocycles. The van der Waals surface area contributed by atoms with Gasteiger partial charge >= 0.3 is 0 Å². The molecular weight excluding hydrogens is 248 g/mol.